The summed E-state index contributed by atoms with van der Waals surface area (Å²) in [5.41, 5.74) is 2.60. The number of rotatable bonds is 7. The lowest BCUT2D eigenvalue weighted by molar-refractivity contribution is 0.184. The average Bonchev–Trinajstić information content (AvgIpc) is 2.89. The smallest absolute Gasteiger partial charge is 0.404 e. The molecule has 0 unspecified atom stereocenters. The van der Waals surface area contributed by atoms with Crippen molar-refractivity contribution in [3.63, 3.8) is 0 Å². The monoisotopic (exact) mass is 476 g/mol. The fraction of sp³-hybridized carbons (Fsp3) is 0.320. The Bertz CT molecular complexity index is 1120. The van der Waals surface area contributed by atoms with Gasteiger partial charge in [0.1, 0.15) is 5.82 Å². The maximum Gasteiger partial charge on any atom is 0.404 e. The van der Waals surface area contributed by atoms with Crippen molar-refractivity contribution < 1.29 is 19.4 Å². The molecule has 0 bridgehead atoms. The number of nitrogens with one attached hydrogen (secondary N) is 2. The number of hydrogen-bond donors (Lipinski definition) is 3. The Morgan fingerprint density at radius 3 is 2.26 bits per heavy atom. The lowest BCUT2D eigenvalue weighted by Gasteiger charge is -2.36. The van der Waals surface area contributed by atoms with Gasteiger partial charge in [-0.15, -0.1) is 0 Å². The number of carbonyl (C=O) groups is 2. The summed E-state index contributed by atoms with van der Waals surface area (Å²) in [5, 5.41) is 14.6. The summed E-state index contributed by atoms with van der Waals surface area (Å²) in [4.78, 5) is 38.9. The van der Waals surface area contributed by atoms with Gasteiger partial charge >= 0.3 is 18.1 Å². The van der Waals surface area contributed by atoms with Crippen LogP contribution in [0, 0.1) is 0 Å². The maximum absolute atomic E-state index is 13.3. The van der Waals surface area contributed by atoms with E-state index in [9.17, 15) is 9.59 Å². The van der Waals surface area contributed by atoms with Crippen molar-refractivity contribution in [1.82, 2.24) is 25.6 Å². The minimum atomic E-state index is -1.02. The number of carboxylic acid groups (broad SMARTS) is 1. The second kappa shape index (κ2) is 11.3. The quantitative estimate of drug-likeness (QED) is 0.472. The molecule has 1 fully saturated rings. The largest absolute Gasteiger partial charge is 0.467 e. The van der Waals surface area contributed by atoms with E-state index in [0.29, 0.717) is 38.0 Å². The van der Waals surface area contributed by atoms with Gasteiger partial charge in [0, 0.05) is 48.3 Å². The molecule has 1 aliphatic rings. The molecule has 4 rings (SSSR count). The Kier molecular flexibility index (Phi) is 7.71. The molecule has 1 saturated carbocycles. The van der Waals surface area contributed by atoms with E-state index in [0.717, 1.165) is 16.7 Å². The number of aromatic nitrogens is 3. The van der Waals surface area contributed by atoms with Crippen molar-refractivity contribution in [2.45, 2.75) is 44.3 Å². The fourth-order valence-corrected chi connectivity index (χ4v) is 4.24. The van der Waals surface area contributed by atoms with Crippen molar-refractivity contribution in [3.8, 4) is 17.1 Å². The number of hydrogen-bond acceptors (Lipinski definition) is 6. The molecule has 0 spiro atoms. The third-order valence-corrected chi connectivity index (χ3v) is 6.03. The van der Waals surface area contributed by atoms with Gasteiger partial charge in [-0.3, -0.25) is 4.90 Å². The number of benzene rings is 1. The number of nitrogens with zero attached hydrogens (tertiary/aromatic N) is 4. The van der Waals surface area contributed by atoms with Crippen LogP contribution in [0.2, 0.25) is 0 Å². The Balaban J connectivity index is 1.52. The number of pyridine rings is 1. The van der Waals surface area contributed by atoms with Crippen LogP contribution in [0.5, 0.6) is 6.01 Å². The number of urea groups is 1. The molecule has 2 heterocycles. The third kappa shape index (κ3) is 6.23. The van der Waals surface area contributed by atoms with Crippen LogP contribution >= 0.6 is 0 Å². The number of amides is 3. The summed E-state index contributed by atoms with van der Waals surface area (Å²) in [5.74, 6) is 0.531. The highest BCUT2D eigenvalue weighted by molar-refractivity contribution is 5.91. The van der Waals surface area contributed by atoms with Gasteiger partial charge < -0.3 is 20.5 Å². The van der Waals surface area contributed by atoms with Gasteiger partial charge in [-0.1, -0.05) is 30.3 Å². The van der Waals surface area contributed by atoms with Crippen LogP contribution in [0.1, 0.15) is 31.2 Å². The van der Waals surface area contributed by atoms with Crippen molar-refractivity contribution in [3.05, 3.63) is 66.6 Å². The number of carbonyl (C=O) groups excluding carboxylic acids is 1. The van der Waals surface area contributed by atoms with Crippen LogP contribution in [0.15, 0.2) is 61.1 Å². The predicted octanol–water partition coefficient (Wildman–Crippen LogP) is 3.84. The molecule has 0 atom stereocenters. The summed E-state index contributed by atoms with van der Waals surface area (Å²) < 4.78 is 5.01. The summed E-state index contributed by atoms with van der Waals surface area (Å²) >= 11 is 0. The summed E-state index contributed by atoms with van der Waals surface area (Å²) in [6.07, 6.45) is 6.62. The first-order valence-electron chi connectivity index (χ1n) is 11.5. The molecule has 3 amide bonds. The Morgan fingerprint density at radius 1 is 0.971 bits per heavy atom. The van der Waals surface area contributed by atoms with E-state index in [1.807, 2.05) is 42.5 Å². The normalized spacial score (nSPS) is 17.3. The zero-order chi connectivity index (χ0) is 24.6. The van der Waals surface area contributed by atoms with Gasteiger partial charge in [-0.05, 0) is 43.4 Å². The summed E-state index contributed by atoms with van der Waals surface area (Å²) in [6.45, 7) is 0.396. The van der Waals surface area contributed by atoms with Gasteiger partial charge in [-0.2, -0.15) is 0 Å². The van der Waals surface area contributed by atoms with E-state index < -0.39 is 6.09 Å². The van der Waals surface area contributed by atoms with Crippen LogP contribution in [0.25, 0.3) is 11.1 Å². The highest BCUT2D eigenvalue weighted by Gasteiger charge is 2.31. The number of ether oxygens (including phenoxy) is 1. The maximum atomic E-state index is 13.3. The van der Waals surface area contributed by atoms with Crippen LogP contribution in [0.4, 0.5) is 15.4 Å². The SMILES string of the molecule is COc1ncc(-c2ccc(N(C(=O)NCc3ccccc3)C3CCC(NC(=O)O)CC3)nc2)cn1. The van der Waals surface area contributed by atoms with E-state index in [1.165, 1.54) is 7.11 Å². The Hall–Kier alpha value is -4.21. The van der Waals surface area contributed by atoms with E-state index in [2.05, 4.69) is 25.6 Å². The molecule has 1 aromatic carbocycles. The zero-order valence-corrected chi connectivity index (χ0v) is 19.4. The summed E-state index contributed by atoms with van der Waals surface area (Å²) in [6, 6.07) is 13.2. The molecule has 2 aromatic heterocycles. The minimum absolute atomic E-state index is 0.0970. The molecule has 3 N–H and O–H groups in total. The first-order chi connectivity index (χ1) is 17.0. The lowest BCUT2D eigenvalue weighted by Crippen LogP contribution is -2.50. The molecular weight excluding hydrogens is 448 g/mol. The zero-order valence-electron chi connectivity index (χ0n) is 19.4. The van der Waals surface area contributed by atoms with Gasteiger partial charge in [0.05, 0.1) is 7.11 Å². The van der Waals surface area contributed by atoms with E-state index in [4.69, 9.17) is 9.84 Å². The average molecular weight is 477 g/mol. The molecular formula is C25H28N6O4. The molecule has 1 aliphatic carbocycles. The molecule has 35 heavy (non-hydrogen) atoms. The van der Waals surface area contributed by atoms with Gasteiger partial charge in [0.25, 0.3) is 0 Å². The van der Waals surface area contributed by atoms with Gasteiger partial charge in [-0.25, -0.2) is 24.5 Å². The van der Waals surface area contributed by atoms with E-state index >= 15 is 0 Å². The fourth-order valence-electron chi connectivity index (χ4n) is 4.24. The van der Waals surface area contributed by atoms with Gasteiger partial charge in [0.2, 0.25) is 0 Å². The summed E-state index contributed by atoms with van der Waals surface area (Å²) in [7, 11) is 1.51. The van der Waals surface area contributed by atoms with Gasteiger partial charge in [0.15, 0.2) is 0 Å². The van der Waals surface area contributed by atoms with E-state index in [1.54, 1.807) is 23.5 Å². The first-order valence-corrected chi connectivity index (χ1v) is 11.5. The highest BCUT2D eigenvalue weighted by Crippen LogP contribution is 2.28. The topological polar surface area (TPSA) is 130 Å². The second-order valence-corrected chi connectivity index (χ2v) is 8.33. The number of methoxy groups -OCH3 is 1. The first kappa shape index (κ1) is 23.9. The van der Waals surface area contributed by atoms with E-state index in [-0.39, 0.29) is 24.1 Å². The standard InChI is InChI=1S/C25H28N6O4/c1-35-23-27-15-19(16-28-23)18-7-12-22(26-14-18)31(21-10-8-20(9-11-21)30-25(33)34)24(32)29-13-17-5-3-2-4-6-17/h2-7,12,14-16,20-21,30H,8-11,13H2,1H3,(H,29,32)(H,33,34). The Labute approximate surface area is 203 Å². The van der Waals surface area contributed by atoms with Crippen LogP contribution < -0.4 is 20.3 Å². The minimum Gasteiger partial charge on any atom is -0.467 e. The molecule has 0 saturated heterocycles. The van der Waals surface area contributed by atoms with Crippen molar-refractivity contribution >= 4 is 17.9 Å². The van der Waals surface area contributed by atoms with Crippen LogP contribution in [-0.4, -0.2) is 51.4 Å². The second-order valence-electron chi connectivity index (χ2n) is 8.33. The number of anilines is 1. The highest BCUT2D eigenvalue weighted by atomic mass is 16.5. The molecule has 182 valence electrons. The molecule has 3 aromatic rings. The predicted molar refractivity (Wildman–Crippen MR) is 130 cm³/mol. The van der Waals surface area contributed by atoms with Crippen molar-refractivity contribution in [1.29, 1.82) is 0 Å². The Morgan fingerprint density at radius 2 is 1.66 bits per heavy atom. The van der Waals surface area contributed by atoms with Crippen LogP contribution in [-0.2, 0) is 6.54 Å². The molecule has 0 radical (unpaired) electrons. The third-order valence-electron chi connectivity index (χ3n) is 6.03. The molecule has 10 heteroatoms. The molecule has 10 nitrogen and oxygen atoms in total. The van der Waals surface area contributed by atoms with Crippen LogP contribution in [0.3, 0.4) is 0 Å². The van der Waals surface area contributed by atoms with Crippen molar-refractivity contribution in [2.24, 2.45) is 0 Å². The lowest BCUT2D eigenvalue weighted by atomic mass is 9.90. The molecule has 0 aliphatic heterocycles. The van der Waals surface area contributed by atoms with Crippen molar-refractivity contribution in [2.75, 3.05) is 12.0 Å².